The van der Waals surface area contributed by atoms with Crippen molar-refractivity contribution in [2.45, 2.75) is 18.1 Å². The van der Waals surface area contributed by atoms with Crippen molar-refractivity contribution in [2.75, 3.05) is 19.9 Å². The normalized spacial score (nSPS) is 12.0. The van der Waals surface area contributed by atoms with E-state index in [1.165, 1.54) is 16.6 Å². The number of benzene rings is 1. The van der Waals surface area contributed by atoms with Crippen LogP contribution < -0.4 is 4.74 Å². The lowest BCUT2D eigenvalue weighted by Crippen LogP contribution is -2.30. The second kappa shape index (κ2) is 8.37. The molecule has 1 amide bonds. The maximum Gasteiger partial charge on any atom is 0.233 e. The maximum absolute atomic E-state index is 12.5. The summed E-state index contributed by atoms with van der Waals surface area (Å²) in [5, 5.41) is 10.8. The standard InChI is InChI=1S/C18H20N4O2S2/c1-13(16-5-4-10-25-16)21(2)17(23)11-26-18-20-19-12-22(18)14-6-8-15(24-3)9-7-14/h4-10,12-13H,11H2,1-3H3. The lowest BCUT2D eigenvalue weighted by Gasteiger charge is -2.23. The quantitative estimate of drug-likeness (QED) is 0.578. The van der Waals surface area contributed by atoms with E-state index in [9.17, 15) is 4.79 Å². The highest BCUT2D eigenvalue weighted by Gasteiger charge is 2.19. The summed E-state index contributed by atoms with van der Waals surface area (Å²) in [4.78, 5) is 15.5. The van der Waals surface area contributed by atoms with Gasteiger partial charge in [-0.15, -0.1) is 21.5 Å². The van der Waals surface area contributed by atoms with E-state index >= 15 is 0 Å². The van der Waals surface area contributed by atoms with Crippen LogP contribution in [0.5, 0.6) is 5.75 Å². The van der Waals surface area contributed by atoms with Gasteiger partial charge in [0.05, 0.1) is 18.9 Å². The zero-order valence-corrected chi connectivity index (χ0v) is 16.5. The molecule has 2 aromatic heterocycles. The molecular formula is C18H20N4O2S2. The van der Waals surface area contributed by atoms with Gasteiger partial charge < -0.3 is 9.64 Å². The fraction of sp³-hybridized carbons (Fsp3) is 0.278. The molecule has 0 radical (unpaired) electrons. The SMILES string of the molecule is COc1ccc(-n2cnnc2SCC(=O)N(C)C(C)c2cccs2)cc1. The van der Waals surface area contributed by atoms with Crippen molar-refractivity contribution in [3.63, 3.8) is 0 Å². The third-order valence-electron chi connectivity index (χ3n) is 4.12. The number of hydrogen-bond donors (Lipinski definition) is 0. The first-order chi connectivity index (χ1) is 12.6. The van der Waals surface area contributed by atoms with Gasteiger partial charge in [-0.25, -0.2) is 0 Å². The van der Waals surface area contributed by atoms with Crippen LogP contribution in [-0.4, -0.2) is 45.5 Å². The van der Waals surface area contributed by atoms with Crippen molar-refractivity contribution < 1.29 is 9.53 Å². The number of aromatic nitrogens is 3. The minimum Gasteiger partial charge on any atom is -0.497 e. The molecule has 0 N–H and O–H groups in total. The van der Waals surface area contributed by atoms with Crippen molar-refractivity contribution >= 4 is 29.0 Å². The van der Waals surface area contributed by atoms with E-state index in [1.54, 1.807) is 29.7 Å². The molecule has 3 rings (SSSR count). The zero-order valence-electron chi connectivity index (χ0n) is 14.8. The molecule has 0 saturated carbocycles. The highest BCUT2D eigenvalue weighted by molar-refractivity contribution is 7.99. The van der Waals surface area contributed by atoms with Gasteiger partial charge in [-0.2, -0.15) is 0 Å². The third kappa shape index (κ3) is 4.08. The second-order valence-corrected chi connectivity index (χ2v) is 7.59. The zero-order chi connectivity index (χ0) is 18.5. The Morgan fingerprint density at radius 2 is 2.12 bits per heavy atom. The number of rotatable bonds is 7. The molecule has 1 aromatic carbocycles. The van der Waals surface area contributed by atoms with Crippen LogP contribution in [0.2, 0.25) is 0 Å². The Labute approximate surface area is 160 Å². The summed E-state index contributed by atoms with van der Waals surface area (Å²) in [6.45, 7) is 2.04. The van der Waals surface area contributed by atoms with Crippen molar-refractivity contribution in [3.8, 4) is 11.4 Å². The Morgan fingerprint density at radius 3 is 2.77 bits per heavy atom. The van der Waals surface area contributed by atoms with Crippen LogP contribution >= 0.6 is 23.1 Å². The van der Waals surface area contributed by atoms with Gasteiger partial charge in [0.1, 0.15) is 12.1 Å². The van der Waals surface area contributed by atoms with Gasteiger partial charge in [0, 0.05) is 17.6 Å². The molecule has 3 aromatic rings. The number of ether oxygens (including phenoxy) is 1. The molecule has 0 aliphatic rings. The number of hydrogen-bond acceptors (Lipinski definition) is 6. The van der Waals surface area contributed by atoms with Crippen LogP contribution in [-0.2, 0) is 4.79 Å². The minimum atomic E-state index is 0.0557. The molecule has 2 heterocycles. The first-order valence-corrected chi connectivity index (χ1v) is 9.93. The van der Waals surface area contributed by atoms with Gasteiger partial charge in [0.25, 0.3) is 0 Å². The third-order valence-corrected chi connectivity index (χ3v) is 6.09. The van der Waals surface area contributed by atoms with E-state index in [2.05, 4.69) is 10.2 Å². The Hall–Kier alpha value is -2.32. The minimum absolute atomic E-state index is 0.0557. The first kappa shape index (κ1) is 18.5. The topological polar surface area (TPSA) is 60.2 Å². The number of amides is 1. The average Bonchev–Trinajstić information content (AvgIpc) is 3.36. The molecule has 6 nitrogen and oxygen atoms in total. The summed E-state index contributed by atoms with van der Waals surface area (Å²) in [5.74, 6) is 1.15. The Bertz CT molecular complexity index is 846. The van der Waals surface area contributed by atoms with Gasteiger partial charge >= 0.3 is 0 Å². The fourth-order valence-corrected chi connectivity index (χ4v) is 4.09. The van der Waals surface area contributed by atoms with Gasteiger partial charge in [0.2, 0.25) is 5.91 Å². The number of thioether (sulfide) groups is 1. The molecule has 0 fully saturated rings. The van der Waals surface area contributed by atoms with Crippen molar-refractivity contribution in [1.82, 2.24) is 19.7 Å². The highest BCUT2D eigenvalue weighted by atomic mass is 32.2. The summed E-state index contributed by atoms with van der Waals surface area (Å²) < 4.78 is 7.04. The van der Waals surface area contributed by atoms with E-state index in [4.69, 9.17) is 4.74 Å². The molecule has 0 bridgehead atoms. The van der Waals surface area contributed by atoms with E-state index in [1.807, 2.05) is 60.3 Å². The van der Waals surface area contributed by atoms with E-state index < -0.39 is 0 Å². The van der Waals surface area contributed by atoms with Crippen LogP contribution in [0.3, 0.4) is 0 Å². The predicted molar refractivity (Wildman–Crippen MR) is 104 cm³/mol. The smallest absolute Gasteiger partial charge is 0.233 e. The van der Waals surface area contributed by atoms with Gasteiger partial charge in [-0.1, -0.05) is 17.8 Å². The number of thiophene rings is 1. The number of nitrogens with zero attached hydrogens (tertiary/aromatic N) is 4. The first-order valence-electron chi connectivity index (χ1n) is 8.06. The Kier molecular flexibility index (Phi) is 5.95. The Morgan fingerprint density at radius 1 is 1.35 bits per heavy atom. The molecule has 1 unspecified atom stereocenters. The molecule has 0 aliphatic carbocycles. The second-order valence-electron chi connectivity index (χ2n) is 5.67. The van der Waals surface area contributed by atoms with Crippen LogP contribution in [0.4, 0.5) is 0 Å². The predicted octanol–water partition coefficient (Wildman–Crippen LogP) is 3.65. The number of carbonyl (C=O) groups excluding carboxylic acids is 1. The van der Waals surface area contributed by atoms with Gasteiger partial charge in [0.15, 0.2) is 5.16 Å². The van der Waals surface area contributed by atoms with E-state index in [-0.39, 0.29) is 11.9 Å². The fourth-order valence-electron chi connectivity index (χ4n) is 2.41. The molecule has 0 aliphatic heterocycles. The largest absolute Gasteiger partial charge is 0.497 e. The van der Waals surface area contributed by atoms with Crippen LogP contribution in [0, 0.1) is 0 Å². The summed E-state index contributed by atoms with van der Waals surface area (Å²) in [5.41, 5.74) is 0.922. The maximum atomic E-state index is 12.5. The molecule has 8 heteroatoms. The van der Waals surface area contributed by atoms with Crippen molar-refractivity contribution in [3.05, 3.63) is 53.0 Å². The molecule has 0 spiro atoms. The van der Waals surface area contributed by atoms with Crippen LogP contribution in [0.1, 0.15) is 17.8 Å². The van der Waals surface area contributed by atoms with Crippen molar-refractivity contribution in [1.29, 1.82) is 0 Å². The van der Waals surface area contributed by atoms with Crippen LogP contribution in [0.25, 0.3) is 5.69 Å². The molecule has 136 valence electrons. The highest BCUT2D eigenvalue weighted by Crippen LogP contribution is 2.26. The number of methoxy groups -OCH3 is 1. The molecule has 1 atom stereocenters. The summed E-state index contributed by atoms with van der Waals surface area (Å²) >= 11 is 3.04. The lowest BCUT2D eigenvalue weighted by atomic mass is 10.2. The monoisotopic (exact) mass is 388 g/mol. The summed E-state index contributed by atoms with van der Waals surface area (Å²) in [6, 6.07) is 11.7. The number of carbonyl (C=O) groups is 1. The van der Waals surface area contributed by atoms with Gasteiger partial charge in [-0.05, 0) is 42.6 Å². The average molecular weight is 389 g/mol. The lowest BCUT2D eigenvalue weighted by molar-refractivity contribution is -0.128. The van der Waals surface area contributed by atoms with E-state index in [0.29, 0.717) is 10.9 Å². The molecule has 26 heavy (non-hydrogen) atoms. The van der Waals surface area contributed by atoms with Gasteiger partial charge in [-0.3, -0.25) is 9.36 Å². The molecular weight excluding hydrogens is 368 g/mol. The summed E-state index contributed by atoms with van der Waals surface area (Å²) in [7, 11) is 3.47. The molecule has 0 saturated heterocycles. The van der Waals surface area contributed by atoms with Crippen molar-refractivity contribution in [2.24, 2.45) is 0 Å². The van der Waals surface area contributed by atoms with E-state index in [0.717, 1.165) is 11.4 Å². The Balaban J connectivity index is 1.65. The van der Waals surface area contributed by atoms with Crippen LogP contribution in [0.15, 0.2) is 53.3 Å². The summed E-state index contributed by atoms with van der Waals surface area (Å²) in [6.07, 6.45) is 1.65.